The summed E-state index contributed by atoms with van der Waals surface area (Å²) in [5.41, 5.74) is 1.78. The van der Waals surface area contributed by atoms with Crippen LogP contribution in [0.1, 0.15) is 23.0 Å². The number of carbonyl (C=O) groups is 1. The number of ether oxygens (including phenoxy) is 2. The molecule has 0 saturated heterocycles. The number of carbonyl (C=O) groups excluding carboxylic acids is 1. The highest BCUT2D eigenvalue weighted by molar-refractivity contribution is 6.30. The molecule has 0 aliphatic rings. The maximum Gasteiger partial charge on any atom is 0.276 e. The number of anilines is 1. The summed E-state index contributed by atoms with van der Waals surface area (Å²) in [6.07, 6.45) is 4.93. The second-order valence-electron chi connectivity index (χ2n) is 5.77. The predicted octanol–water partition coefficient (Wildman–Crippen LogP) is 3.32. The van der Waals surface area contributed by atoms with E-state index in [0.717, 1.165) is 5.56 Å². The van der Waals surface area contributed by atoms with Gasteiger partial charge in [-0.15, -0.1) is 0 Å². The van der Waals surface area contributed by atoms with Crippen LogP contribution in [0, 0.1) is 6.92 Å². The van der Waals surface area contributed by atoms with E-state index in [1.165, 1.54) is 0 Å². The Hall–Kier alpha value is -2.84. The first-order valence-electron chi connectivity index (χ1n) is 8.39. The highest BCUT2D eigenvalue weighted by Crippen LogP contribution is 2.22. The number of benzene rings is 1. The van der Waals surface area contributed by atoms with Crippen LogP contribution in [-0.4, -0.2) is 32.1 Å². The van der Waals surface area contributed by atoms with Crippen LogP contribution in [-0.2, 0) is 18.2 Å². The van der Waals surface area contributed by atoms with E-state index in [9.17, 15) is 4.79 Å². The van der Waals surface area contributed by atoms with Crippen molar-refractivity contribution in [1.82, 2.24) is 19.6 Å². The summed E-state index contributed by atoms with van der Waals surface area (Å²) in [6.45, 7) is 4.93. The first-order valence-corrected chi connectivity index (χ1v) is 8.77. The van der Waals surface area contributed by atoms with Crippen LogP contribution in [0.15, 0.2) is 42.9 Å². The van der Waals surface area contributed by atoms with Gasteiger partial charge in [-0.1, -0.05) is 11.6 Å². The lowest BCUT2D eigenvalue weighted by Crippen LogP contribution is -2.14. The Labute approximate surface area is 161 Å². The Balaban J connectivity index is 1.56. The smallest absolute Gasteiger partial charge is 0.276 e. The van der Waals surface area contributed by atoms with Gasteiger partial charge in [-0.25, -0.2) is 9.36 Å². The van der Waals surface area contributed by atoms with E-state index in [1.54, 1.807) is 46.2 Å². The van der Waals surface area contributed by atoms with Crippen molar-refractivity contribution in [3.63, 3.8) is 0 Å². The van der Waals surface area contributed by atoms with Gasteiger partial charge in [0.1, 0.15) is 12.5 Å². The van der Waals surface area contributed by atoms with Crippen molar-refractivity contribution in [1.29, 1.82) is 0 Å². The highest BCUT2D eigenvalue weighted by Gasteiger charge is 2.11. The zero-order valence-electron chi connectivity index (χ0n) is 15.1. The maximum absolute atomic E-state index is 12.3. The molecule has 3 rings (SSSR count). The molecule has 9 heteroatoms. The summed E-state index contributed by atoms with van der Waals surface area (Å²) < 4.78 is 14.1. The van der Waals surface area contributed by atoms with E-state index in [2.05, 4.69) is 15.5 Å². The highest BCUT2D eigenvalue weighted by atomic mass is 35.5. The zero-order valence-corrected chi connectivity index (χ0v) is 15.8. The number of amides is 1. The first-order chi connectivity index (χ1) is 13.0. The molecule has 0 radical (unpaired) electrons. The molecule has 1 N–H and O–H groups in total. The number of hydrogen-bond donors (Lipinski definition) is 1. The van der Waals surface area contributed by atoms with Crippen molar-refractivity contribution in [2.45, 2.75) is 27.3 Å². The summed E-state index contributed by atoms with van der Waals surface area (Å²) in [5.74, 6) is 0.384. The van der Waals surface area contributed by atoms with Gasteiger partial charge in [-0.3, -0.25) is 4.79 Å². The minimum Gasteiger partial charge on any atom is -0.471 e. The number of aromatic nitrogens is 4. The molecule has 0 unspecified atom stereocenters. The molecule has 0 spiro atoms. The largest absolute Gasteiger partial charge is 0.471 e. The van der Waals surface area contributed by atoms with Gasteiger partial charge in [-0.2, -0.15) is 10.2 Å². The van der Waals surface area contributed by atoms with Crippen LogP contribution >= 0.6 is 11.6 Å². The summed E-state index contributed by atoms with van der Waals surface area (Å²) >= 11 is 5.93. The second-order valence-corrected chi connectivity index (χ2v) is 6.20. The first kappa shape index (κ1) is 18.9. The van der Waals surface area contributed by atoms with Crippen molar-refractivity contribution in [2.24, 2.45) is 0 Å². The molecule has 0 aliphatic heterocycles. The normalized spacial score (nSPS) is 10.8. The molecule has 0 bridgehead atoms. The minimum absolute atomic E-state index is 0.183. The molecule has 0 atom stereocenters. The summed E-state index contributed by atoms with van der Waals surface area (Å²) in [7, 11) is 0. The molecule has 8 nitrogen and oxygen atoms in total. The van der Waals surface area contributed by atoms with Crippen molar-refractivity contribution >= 4 is 23.2 Å². The van der Waals surface area contributed by atoms with Crippen LogP contribution in [0.3, 0.4) is 0 Å². The van der Waals surface area contributed by atoms with Gasteiger partial charge in [0, 0.05) is 17.8 Å². The topological polar surface area (TPSA) is 83.2 Å². The molecular weight excluding hydrogens is 370 g/mol. The Morgan fingerprint density at radius 2 is 2.11 bits per heavy atom. The van der Waals surface area contributed by atoms with E-state index in [-0.39, 0.29) is 18.3 Å². The molecule has 2 aromatic heterocycles. The van der Waals surface area contributed by atoms with E-state index >= 15 is 0 Å². The third-order valence-electron chi connectivity index (χ3n) is 3.68. The molecule has 142 valence electrons. The SMILES string of the molecule is CCOCn1cc(NC(=O)c2ccn(COc3ccc(Cl)cc3C)n2)cn1. The average Bonchev–Trinajstić information content (AvgIpc) is 3.28. The van der Waals surface area contributed by atoms with Gasteiger partial charge in [0.05, 0.1) is 18.1 Å². The maximum atomic E-state index is 12.3. The van der Waals surface area contributed by atoms with Crippen LogP contribution in [0.25, 0.3) is 0 Å². The van der Waals surface area contributed by atoms with E-state index < -0.39 is 0 Å². The number of rotatable bonds is 8. The van der Waals surface area contributed by atoms with Crippen molar-refractivity contribution in [2.75, 3.05) is 11.9 Å². The third-order valence-corrected chi connectivity index (χ3v) is 3.92. The number of hydrogen-bond acceptors (Lipinski definition) is 5. The Bertz CT molecular complexity index is 921. The van der Waals surface area contributed by atoms with Crippen LogP contribution in [0.5, 0.6) is 5.75 Å². The van der Waals surface area contributed by atoms with Crippen molar-refractivity contribution in [3.8, 4) is 5.75 Å². The summed E-state index contributed by atoms with van der Waals surface area (Å²) in [6, 6.07) is 7.01. The number of nitrogens with zero attached hydrogens (tertiary/aromatic N) is 4. The lowest BCUT2D eigenvalue weighted by molar-refractivity contribution is 0.0792. The van der Waals surface area contributed by atoms with Gasteiger partial charge in [0.25, 0.3) is 5.91 Å². The lowest BCUT2D eigenvalue weighted by atomic mass is 10.2. The molecule has 2 heterocycles. The number of nitrogens with one attached hydrogen (secondary N) is 1. The molecule has 1 amide bonds. The van der Waals surface area contributed by atoms with Crippen molar-refractivity contribution < 1.29 is 14.3 Å². The molecule has 1 aromatic carbocycles. The Morgan fingerprint density at radius 1 is 1.26 bits per heavy atom. The second kappa shape index (κ2) is 8.70. The van der Waals surface area contributed by atoms with Crippen LogP contribution in [0.4, 0.5) is 5.69 Å². The van der Waals surface area contributed by atoms with Gasteiger partial charge in [0.15, 0.2) is 12.4 Å². The lowest BCUT2D eigenvalue weighted by Gasteiger charge is -2.09. The van der Waals surface area contributed by atoms with Gasteiger partial charge in [-0.05, 0) is 43.7 Å². The van der Waals surface area contributed by atoms with E-state index in [1.807, 2.05) is 19.9 Å². The predicted molar refractivity (Wildman–Crippen MR) is 101 cm³/mol. The monoisotopic (exact) mass is 389 g/mol. The van der Waals surface area contributed by atoms with Gasteiger partial charge < -0.3 is 14.8 Å². The Morgan fingerprint density at radius 3 is 2.89 bits per heavy atom. The molecule has 0 saturated carbocycles. The molecular formula is C18H20ClN5O3. The fourth-order valence-electron chi connectivity index (χ4n) is 2.34. The summed E-state index contributed by atoms with van der Waals surface area (Å²) in [4.78, 5) is 12.3. The van der Waals surface area contributed by atoms with Crippen molar-refractivity contribution in [3.05, 3.63) is 59.1 Å². The number of aryl methyl sites for hydroxylation is 1. The van der Waals surface area contributed by atoms with E-state index in [4.69, 9.17) is 21.1 Å². The third kappa shape index (κ3) is 5.08. The van der Waals surface area contributed by atoms with Crippen LogP contribution in [0.2, 0.25) is 5.02 Å². The van der Waals surface area contributed by atoms with Gasteiger partial charge in [0.2, 0.25) is 0 Å². The number of halogens is 1. The Kier molecular flexibility index (Phi) is 6.10. The molecule has 0 aliphatic carbocycles. The average molecular weight is 390 g/mol. The van der Waals surface area contributed by atoms with E-state index in [0.29, 0.717) is 29.8 Å². The fourth-order valence-corrected chi connectivity index (χ4v) is 2.57. The minimum atomic E-state index is -0.326. The summed E-state index contributed by atoms with van der Waals surface area (Å²) in [5, 5.41) is 11.7. The molecule has 27 heavy (non-hydrogen) atoms. The van der Waals surface area contributed by atoms with Gasteiger partial charge >= 0.3 is 0 Å². The zero-order chi connectivity index (χ0) is 19.2. The fraction of sp³-hybridized carbons (Fsp3) is 0.278. The molecule has 0 fully saturated rings. The molecule has 3 aromatic rings. The van der Waals surface area contributed by atoms with Crippen LogP contribution < -0.4 is 10.1 Å². The quantitative estimate of drug-likeness (QED) is 0.639. The standard InChI is InChI=1S/C18H20ClN5O3/c1-3-26-11-24-10-15(9-20-24)21-18(25)16-6-7-23(22-16)12-27-17-5-4-14(19)8-13(17)2/h4-10H,3,11-12H2,1-2H3,(H,21,25).